The average molecular weight is 346 g/mol. The maximum atomic E-state index is 14.5. The Kier molecular flexibility index (Phi) is 4.60. The van der Waals surface area contributed by atoms with Crippen LogP contribution in [0.25, 0.3) is 0 Å². The Labute approximate surface area is 147 Å². The van der Waals surface area contributed by atoms with Gasteiger partial charge in [0.15, 0.2) is 17.4 Å². The minimum Gasteiger partial charge on any atom is -0.486 e. The fourth-order valence-corrected chi connectivity index (χ4v) is 2.55. The highest BCUT2D eigenvalue weighted by Crippen LogP contribution is 2.37. The zero-order chi connectivity index (χ0) is 18.2. The van der Waals surface area contributed by atoms with Gasteiger partial charge in [0.2, 0.25) is 0 Å². The van der Waals surface area contributed by atoms with Crippen molar-refractivity contribution < 1.29 is 22.8 Å². The molecule has 1 heterocycles. The van der Waals surface area contributed by atoms with Crippen molar-refractivity contribution in [3.63, 3.8) is 0 Å². The van der Waals surface area contributed by atoms with Gasteiger partial charge in [-0.1, -0.05) is 36.4 Å². The van der Waals surface area contributed by atoms with Crippen LogP contribution in [0.5, 0.6) is 5.75 Å². The van der Waals surface area contributed by atoms with Gasteiger partial charge in [-0.2, -0.15) is 4.39 Å². The molecular formula is C19H21BF2O3. The topological polar surface area (TPSA) is 27.7 Å². The molecule has 0 atom stereocenters. The summed E-state index contributed by atoms with van der Waals surface area (Å²) in [6.07, 6.45) is 0. The summed E-state index contributed by atoms with van der Waals surface area (Å²) in [4.78, 5) is 0. The molecule has 132 valence electrons. The van der Waals surface area contributed by atoms with E-state index in [9.17, 15) is 8.78 Å². The van der Waals surface area contributed by atoms with Crippen molar-refractivity contribution in [1.82, 2.24) is 0 Å². The van der Waals surface area contributed by atoms with Gasteiger partial charge in [0.05, 0.1) is 11.2 Å². The Morgan fingerprint density at radius 1 is 0.880 bits per heavy atom. The minimum atomic E-state index is -1.04. The molecule has 2 aromatic rings. The van der Waals surface area contributed by atoms with Crippen LogP contribution in [0.3, 0.4) is 0 Å². The van der Waals surface area contributed by atoms with E-state index in [0.717, 1.165) is 5.56 Å². The lowest BCUT2D eigenvalue weighted by molar-refractivity contribution is 0.00578. The second-order valence-electron chi connectivity index (χ2n) is 7.14. The molecule has 0 saturated carbocycles. The first-order valence-electron chi connectivity index (χ1n) is 8.21. The predicted octanol–water partition coefficient (Wildman–Crippen LogP) is 3.84. The lowest BCUT2D eigenvalue weighted by atomic mass is 9.78. The highest BCUT2D eigenvalue weighted by molar-refractivity contribution is 6.62. The third-order valence-corrected chi connectivity index (χ3v) is 4.82. The van der Waals surface area contributed by atoms with Crippen molar-refractivity contribution in [3.05, 3.63) is 59.7 Å². The lowest BCUT2D eigenvalue weighted by Gasteiger charge is -2.32. The van der Waals surface area contributed by atoms with E-state index in [0.29, 0.717) is 0 Å². The van der Waals surface area contributed by atoms with E-state index in [1.165, 1.54) is 12.1 Å². The Morgan fingerprint density at radius 3 is 2.08 bits per heavy atom. The normalized spacial score (nSPS) is 18.4. The summed E-state index contributed by atoms with van der Waals surface area (Å²) in [5.74, 6) is -2.19. The Balaban J connectivity index is 1.79. The molecule has 0 bridgehead atoms. The number of halogens is 2. The standard InChI is InChI=1S/C19H21BF2O3/c1-18(2)19(3,4)25-20(24-18)14-10-11-15(17(22)16(14)21)23-12-13-8-6-5-7-9-13/h5-11H,12H2,1-4H3. The predicted molar refractivity (Wildman–Crippen MR) is 92.8 cm³/mol. The van der Waals surface area contributed by atoms with Gasteiger partial charge in [0, 0.05) is 5.46 Å². The fourth-order valence-electron chi connectivity index (χ4n) is 2.55. The zero-order valence-electron chi connectivity index (χ0n) is 14.8. The van der Waals surface area contributed by atoms with Crippen LogP contribution < -0.4 is 10.2 Å². The number of rotatable bonds is 4. The van der Waals surface area contributed by atoms with Gasteiger partial charge in [-0.15, -0.1) is 0 Å². The van der Waals surface area contributed by atoms with Crippen molar-refractivity contribution >= 4 is 12.6 Å². The van der Waals surface area contributed by atoms with E-state index in [2.05, 4.69) is 0 Å². The van der Waals surface area contributed by atoms with Gasteiger partial charge in [0.1, 0.15) is 6.61 Å². The van der Waals surface area contributed by atoms with Gasteiger partial charge in [-0.25, -0.2) is 4.39 Å². The van der Waals surface area contributed by atoms with Crippen molar-refractivity contribution in [2.24, 2.45) is 0 Å². The molecule has 6 heteroatoms. The maximum absolute atomic E-state index is 14.5. The average Bonchev–Trinajstić information content (AvgIpc) is 2.77. The Morgan fingerprint density at radius 2 is 1.48 bits per heavy atom. The number of hydrogen-bond acceptors (Lipinski definition) is 3. The molecule has 3 nitrogen and oxygen atoms in total. The first-order valence-corrected chi connectivity index (χ1v) is 8.21. The summed E-state index contributed by atoms with van der Waals surface area (Å²) in [7, 11) is -0.956. The van der Waals surface area contributed by atoms with Crippen molar-refractivity contribution in [1.29, 1.82) is 0 Å². The Bertz CT molecular complexity index is 747. The molecule has 0 N–H and O–H groups in total. The number of hydrogen-bond donors (Lipinski definition) is 0. The summed E-state index contributed by atoms with van der Waals surface area (Å²) < 4.78 is 45.9. The second kappa shape index (κ2) is 6.43. The van der Waals surface area contributed by atoms with Crippen LogP contribution in [0.4, 0.5) is 8.78 Å². The smallest absolute Gasteiger partial charge is 0.486 e. The van der Waals surface area contributed by atoms with Gasteiger partial charge >= 0.3 is 7.12 Å². The summed E-state index contributed by atoms with van der Waals surface area (Å²) in [5, 5.41) is 0. The summed E-state index contributed by atoms with van der Waals surface area (Å²) in [6.45, 7) is 7.60. The summed E-state index contributed by atoms with van der Waals surface area (Å²) in [6, 6.07) is 12.2. The largest absolute Gasteiger partial charge is 0.497 e. The van der Waals surface area contributed by atoms with E-state index >= 15 is 0 Å². The molecule has 0 aliphatic carbocycles. The van der Waals surface area contributed by atoms with Gasteiger partial charge in [0.25, 0.3) is 0 Å². The van der Waals surface area contributed by atoms with Crippen LogP contribution in [0, 0.1) is 11.6 Å². The van der Waals surface area contributed by atoms with Crippen LogP contribution in [-0.2, 0) is 15.9 Å². The van der Waals surface area contributed by atoms with E-state index in [4.69, 9.17) is 14.0 Å². The molecule has 2 aromatic carbocycles. The van der Waals surface area contributed by atoms with Crippen LogP contribution in [0.15, 0.2) is 42.5 Å². The molecular weight excluding hydrogens is 325 g/mol. The van der Waals surface area contributed by atoms with E-state index in [1.807, 2.05) is 58.0 Å². The van der Waals surface area contributed by atoms with E-state index < -0.39 is 30.0 Å². The van der Waals surface area contributed by atoms with E-state index in [1.54, 1.807) is 0 Å². The summed E-state index contributed by atoms with van der Waals surface area (Å²) in [5.41, 5.74) is -0.341. The first-order chi connectivity index (χ1) is 11.7. The molecule has 1 aliphatic heterocycles. The molecule has 1 saturated heterocycles. The number of ether oxygens (including phenoxy) is 1. The second-order valence-corrected chi connectivity index (χ2v) is 7.14. The van der Waals surface area contributed by atoms with E-state index in [-0.39, 0.29) is 17.8 Å². The fraction of sp³-hybridized carbons (Fsp3) is 0.368. The van der Waals surface area contributed by atoms with Crippen LogP contribution in [-0.4, -0.2) is 18.3 Å². The third kappa shape index (κ3) is 3.41. The molecule has 0 amide bonds. The lowest BCUT2D eigenvalue weighted by Crippen LogP contribution is -2.41. The SMILES string of the molecule is CC1(C)OB(c2ccc(OCc3ccccc3)c(F)c2F)OC1(C)C. The zero-order valence-corrected chi connectivity index (χ0v) is 14.8. The minimum absolute atomic E-state index is 0.0308. The van der Waals surface area contributed by atoms with Crippen molar-refractivity contribution in [2.75, 3.05) is 0 Å². The molecule has 3 rings (SSSR count). The molecule has 1 aliphatic rings. The molecule has 0 unspecified atom stereocenters. The number of benzene rings is 2. The summed E-state index contributed by atoms with van der Waals surface area (Å²) >= 11 is 0. The van der Waals surface area contributed by atoms with Crippen molar-refractivity contribution in [3.8, 4) is 5.75 Å². The van der Waals surface area contributed by atoms with Gasteiger partial charge < -0.3 is 14.0 Å². The van der Waals surface area contributed by atoms with Gasteiger partial charge in [-0.3, -0.25) is 0 Å². The molecule has 0 spiro atoms. The van der Waals surface area contributed by atoms with Crippen LogP contribution in [0.2, 0.25) is 0 Å². The molecule has 25 heavy (non-hydrogen) atoms. The highest BCUT2D eigenvalue weighted by Gasteiger charge is 2.52. The molecule has 1 fully saturated rings. The first kappa shape index (κ1) is 17.9. The molecule has 0 aromatic heterocycles. The van der Waals surface area contributed by atoms with Gasteiger partial charge in [-0.05, 0) is 39.3 Å². The maximum Gasteiger partial charge on any atom is 0.497 e. The molecule has 0 radical (unpaired) electrons. The third-order valence-electron chi connectivity index (χ3n) is 4.82. The highest BCUT2D eigenvalue weighted by atomic mass is 19.2. The van der Waals surface area contributed by atoms with Crippen LogP contribution in [0.1, 0.15) is 33.3 Å². The van der Waals surface area contributed by atoms with Crippen molar-refractivity contribution in [2.45, 2.75) is 45.5 Å². The quantitative estimate of drug-likeness (QED) is 0.788. The Hall–Kier alpha value is -1.92. The van der Waals surface area contributed by atoms with Crippen LogP contribution >= 0.6 is 0 Å². The monoisotopic (exact) mass is 346 g/mol.